The van der Waals surface area contributed by atoms with Gasteiger partial charge in [0.25, 0.3) is 0 Å². The third-order valence-electron chi connectivity index (χ3n) is 1.67. The number of rotatable bonds is 7. The van der Waals surface area contributed by atoms with Crippen LogP contribution >= 0.6 is 0 Å². The summed E-state index contributed by atoms with van der Waals surface area (Å²) in [6.07, 6.45) is 2.06. The van der Waals surface area contributed by atoms with Gasteiger partial charge in [0.1, 0.15) is 11.3 Å². The van der Waals surface area contributed by atoms with Gasteiger partial charge in [0.2, 0.25) is 0 Å². The smallest absolute Gasteiger partial charge is 0.407 e. The predicted octanol–water partition coefficient (Wildman–Crippen LogP) is 1.56. The number of hydrogen-bond acceptors (Lipinski definition) is 6. The molecule has 0 aliphatic rings. The van der Waals surface area contributed by atoms with Crippen molar-refractivity contribution in [2.75, 3.05) is 13.1 Å². The van der Waals surface area contributed by atoms with Crippen LogP contribution in [0.5, 0.6) is 0 Å². The highest BCUT2D eigenvalue weighted by Gasteiger charge is 2.15. The number of allylic oxidation sites excluding steroid dienone is 1. The molecule has 0 aliphatic carbocycles. The van der Waals surface area contributed by atoms with E-state index in [0.717, 1.165) is 0 Å². The molecule has 0 aromatic carbocycles. The minimum Gasteiger partial charge on any atom is -0.444 e. The van der Waals surface area contributed by atoms with E-state index in [-0.39, 0.29) is 5.70 Å². The van der Waals surface area contributed by atoms with Crippen LogP contribution in [0.3, 0.4) is 0 Å². The summed E-state index contributed by atoms with van der Waals surface area (Å²) in [7, 11) is 0. The van der Waals surface area contributed by atoms with Gasteiger partial charge in [0, 0.05) is 19.3 Å². The molecule has 7 heteroatoms. The first-order valence-electron chi connectivity index (χ1n) is 5.62. The normalized spacial score (nSPS) is 11.6. The number of alkyl carbamates (subject to hydrolysis) is 1. The molecule has 18 heavy (non-hydrogen) atoms. The minimum absolute atomic E-state index is 0.0232. The molecule has 0 fully saturated rings. The predicted molar refractivity (Wildman–Crippen MR) is 66.2 cm³/mol. The Hall–Kier alpha value is -1.92. The Morgan fingerprint density at radius 2 is 2.06 bits per heavy atom. The summed E-state index contributed by atoms with van der Waals surface area (Å²) in [5.74, 6) is 0. The van der Waals surface area contributed by atoms with Crippen molar-refractivity contribution in [3.05, 3.63) is 11.9 Å². The van der Waals surface area contributed by atoms with Gasteiger partial charge in [-0.3, -0.25) is 4.79 Å². The highest BCUT2D eigenvalue weighted by Crippen LogP contribution is 2.06. The molecule has 0 saturated heterocycles. The number of amides is 1. The molecule has 0 aromatic heterocycles. The fraction of sp³-hybridized carbons (Fsp3) is 0.636. The van der Waals surface area contributed by atoms with Gasteiger partial charge in [-0.15, -0.1) is 0 Å². The lowest BCUT2D eigenvalue weighted by Gasteiger charge is -2.19. The number of hydrogen-bond donors (Lipinski definition) is 3. The van der Waals surface area contributed by atoms with Crippen LogP contribution in [0.1, 0.15) is 27.2 Å². The van der Waals surface area contributed by atoms with Crippen molar-refractivity contribution in [2.45, 2.75) is 32.8 Å². The highest BCUT2D eigenvalue weighted by atomic mass is 16.6. The van der Waals surface area contributed by atoms with Gasteiger partial charge < -0.3 is 15.4 Å². The summed E-state index contributed by atoms with van der Waals surface area (Å²) in [6, 6.07) is 0. The Labute approximate surface area is 106 Å². The molecule has 0 rings (SSSR count). The zero-order valence-corrected chi connectivity index (χ0v) is 10.9. The van der Waals surface area contributed by atoms with Crippen molar-refractivity contribution in [1.82, 2.24) is 10.6 Å². The number of ether oxygens (including phenoxy) is 1. The summed E-state index contributed by atoms with van der Waals surface area (Å²) in [4.78, 5) is 21.5. The second kappa shape index (κ2) is 8.21. The van der Waals surface area contributed by atoms with E-state index in [4.69, 9.17) is 10.3 Å². The van der Waals surface area contributed by atoms with Crippen LogP contribution < -0.4 is 10.6 Å². The van der Waals surface area contributed by atoms with Crippen LogP contribution in [0.15, 0.2) is 17.0 Å². The zero-order chi connectivity index (χ0) is 14.0. The first-order valence-corrected chi connectivity index (χ1v) is 5.62. The van der Waals surface area contributed by atoms with Gasteiger partial charge >= 0.3 is 6.09 Å². The summed E-state index contributed by atoms with van der Waals surface area (Å²) < 4.78 is 5.05. The average Bonchev–Trinajstić information content (AvgIpc) is 2.26. The van der Waals surface area contributed by atoms with E-state index in [9.17, 15) is 9.59 Å². The van der Waals surface area contributed by atoms with E-state index in [0.29, 0.717) is 25.8 Å². The molecule has 0 aliphatic heterocycles. The lowest BCUT2D eigenvalue weighted by Crippen LogP contribution is -2.33. The monoisotopic (exact) mass is 256 g/mol. The Morgan fingerprint density at radius 1 is 1.39 bits per heavy atom. The van der Waals surface area contributed by atoms with Crippen LogP contribution in [0, 0.1) is 5.53 Å². The SMILES string of the molecule is CC(C)(C)OC(=O)NCCCN/C=C(/C=O)N=N. The molecule has 7 nitrogen and oxygen atoms in total. The molecule has 102 valence electrons. The van der Waals surface area contributed by atoms with Crippen LogP contribution in [0.4, 0.5) is 4.79 Å². The van der Waals surface area contributed by atoms with Crippen molar-refractivity contribution in [1.29, 1.82) is 5.53 Å². The number of nitrogens with zero attached hydrogens (tertiary/aromatic N) is 1. The van der Waals surface area contributed by atoms with E-state index < -0.39 is 11.7 Å². The van der Waals surface area contributed by atoms with E-state index >= 15 is 0 Å². The lowest BCUT2D eigenvalue weighted by molar-refractivity contribution is -0.105. The molecule has 1 amide bonds. The largest absolute Gasteiger partial charge is 0.444 e. The van der Waals surface area contributed by atoms with Gasteiger partial charge in [-0.2, -0.15) is 5.11 Å². The van der Waals surface area contributed by atoms with Crippen molar-refractivity contribution in [3.8, 4) is 0 Å². The molecule has 0 heterocycles. The summed E-state index contributed by atoms with van der Waals surface area (Å²) in [6.45, 7) is 6.41. The van der Waals surface area contributed by atoms with E-state index in [1.165, 1.54) is 6.20 Å². The minimum atomic E-state index is -0.500. The molecule has 0 bridgehead atoms. The topological polar surface area (TPSA) is 104 Å². The standard InChI is InChI=1S/C11H20N4O3/c1-11(2,3)18-10(17)14-6-4-5-13-7-9(8-16)15-12/h7-8,12-13H,4-6H2,1-3H3,(H,14,17)/b9-7-,15-12?. The molecule has 0 atom stereocenters. The molecule has 3 N–H and O–H groups in total. The average molecular weight is 256 g/mol. The van der Waals surface area contributed by atoms with Crippen LogP contribution in [0.25, 0.3) is 0 Å². The second-order valence-electron chi connectivity index (χ2n) is 4.54. The fourth-order valence-corrected chi connectivity index (χ4v) is 0.964. The lowest BCUT2D eigenvalue weighted by atomic mass is 10.2. The van der Waals surface area contributed by atoms with Gasteiger partial charge in [-0.25, -0.2) is 10.3 Å². The third kappa shape index (κ3) is 9.32. The first-order chi connectivity index (χ1) is 8.39. The third-order valence-corrected chi connectivity index (χ3v) is 1.67. The maximum Gasteiger partial charge on any atom is 0.407 e. The molecule has 0 aromatic rings. The molecule has 0 saturated carbocycles. The maximum absolute atomic E-state index is 11.2. The molecular formula is C11H20N4O3. The van der Waals surface area contributed by atoms with E-state index in [1.807, 2.05) is 0 Å². The summed E-state index contributed by atoms with van der Waals surface area (Å²) in [5.41, 5.74) is 6.15. The van der Waals surface area contributed by atoms with Crippen molar-refractivity contribution >= 4 is 12.4 Å². The maximum atomic E-state index is 11.2. The number of aldehydes is 1. The first kappa shape index (κ1) is 16.1. The second-order valence-corrected chi connectivity index (χ2v) is 4.54. The van der Waals surface area contributed by atoms with Gasteiger partial charge in [0.15, 0.2) is 6.29 Å². The van der Waals surface area contributed by atoms with Crippen molar-refractivity contribution < 1.29 is 14.3 Å². The fourth-order valence-electron chi connectivity index (χ4n) is 0.964. The molecular weight excluding hydrogens is 236 g/mol. The Morgan fingerprint density at radius 3 is 2.56 bits per heavy atom. The summed E-state index contributed by atoms with van der Waals surface area (Å²) in [5, 5.41) is 8.40. The van der Waals surface area contributed by atoms with E-state index in [1.54, 1.807) is 20.8 Å². The number of carbonyl (C=O) groups excluding carboxylic acids is 2. The van der Waals surface area contributed by atoms with Gasteiger partial charge in [-0.1, -0.05) is 0 Å². The van der Waals surface area contributed by atoms with Crippen molar-refractivity contribution in [3.63, 3.8) is 0 Å². The quantitative estimate of drug-likeness (QED) is 0.278. The summed E-state index contributed by atoms with van der Waals surface area (Å²) >= 11 is 0. The van der Waals surface area contributed by atoms with Crippen molar-refractivity contribution in [2.24, 2.45) is 5.11 Å². The van der Waals surface area contributed by atoms with E-state index in [2.05, 4.69) is 15.7 Å². The van der Waals surface area contributed by atoms with Gasteiger partial charge in [-0.05, 0) is 27.2 Å². The Kier molecular flexibility index (Phi) is 7.34. The molecule has 0 radical (unpaired) electrons. The number of nitrogens with one attached hydrogen (secondary N) is 3. The highest BCUT2D eigenvalue weighted by molar-refractivity contribution is 5.71. The Bertz CT molecular complexity index is 311. The number of carbonyl (C=O) groups is 2. The zero-order valence-electron chi connectivity index (χ0n) is 10.9. The van der Waals surface area contributed by atoms with Crippen LogP contribution in [-0.2, 0) is 9.53 Å². The Balaban J connectivity index is 3.63. The van der Waals surface area contributed by atoms with Gasteiger partial charge in [0.05, 0.1) is 0 Å². The molecule has 0 spiro atoms. The molecule has 0 unspecified atom stereocenters. The van der Waals surface area contributed by atoms with Crippen LogP contribution in [0.2, 0.25) is 0 Å². The van der Waals surface area contributed by atoms with Crippen LogP contribution in [-0.4, -0.2) is 31.1 Å².